The van der Waals surface area contributed by atoms with E-state index in [0.29, 0.717) is 6.42 Å². The average Bonchev–Trinajstić information content (AvgIpc) is 2.16. The fourth-order valence-electron chi connectivity index (χ4n) is 1.09. The van der Waals surface area contributed by atoms with Crippen LogP contribution < -0.4 is 11.1 Å². The Morgan fingerprint density at radius 1 is 1.50 bits per heavy atom. The highest BCUT2D eigenvalue weighted by molar-refractivity contribution is 5.87. The van der Waals surface area contributed by atoms with Crippen molar-refractivity contribution < 1.29 is 9.59 Å². The van der Waals surface area contributed by atoms with Gasteiger partial charge < -0.3 is 16.0 Å². The van der Waals surface area contributed by atoms with E-state index in [1.165, 1.54) is 11.9 Å². The molecular weight excluding hydrogens is 182 g/mol. The van der Waals surface area contributed by atoms with Crippen molar-refractivity contribution in [2.24, 2.45) is 5.73 Å². The van der Waals surface area contributed by atoms with E-state index in [9.17, 15) is 9.59 Å². The Balaban J connectivity index is 4.04. The monoisotopic (exact) mass is 201 g/mol. The van der Waals surface area contributed by atoms with Crippen LogP contribution in [0.4, 0.5) is 0 Å². The van der Waals surface area contributed by atoms with Crippen molar-refractivity contribution in [3.63, 3.8) is 0 Å². The molecule has 5 nitrogen and oxygen atoms in total. The number of hydrogen-bond donors (Lipinski definition) is 2. The second kappa shape index (κ2) is 6.37. The summed E-state index contributed by atoms with van der Waals surface area (Å²) in [6.45, 7) is 2.03. The van der Waals surface area contributed by atoms with E-state index in [-0.39, 0.29) is 18.4 Å². The lowest BCUT2D eigenvalue weighted by Crippen LogP contribution is -2.45. The Morgan fingerprint density at radius 2 is 2.07 bits per heavy atom. The second-order valence-electron chi connectivity index (χ2n) is 3.26. The second-order valence-corrected chi connectivity index (χ2v) is 3.26. The van der Waals surface area contributed by atoms with Gasteiger partial charge in [0, 0.05) is 14.1 Å². The molecule has 0 saturated carbocycles. The van der Waals surface area contributed by atoms with Gasteiger partial charge >= 0.3 is 0 Å². The third-order valence-electron chi connectivity index (χ3n) is 1.95. The molecule has 0 aliphatic rings. The largest absolute Gasteiger partial charge is 0.358 e. The summed E-state index contributed by atoms with van der Waals surface area (Å²) in [4.78, 5) is 23.8. The molecule has 1 atom stereocenters. The van der Waals surface area contributed by atoms with Gasteiger partial charge in [0.25, 0.3) is 0 Å². The van der Waals surface area contributed by atoms with Crippen LogP contribution in [0.1, 0.15) is 19.8 Å². The first-order valence-corrected chi connectivity index (χ1v) is 4.74. The molecule has 0 aliphatic heterocycles. The van der Waals surface area contributed by atoms with Gasteiger partial charge in [-0.2, -0.15) is 0 Å². The quantitative estimate of drug-likeness (QED) is 0.618. The predicted octanol–water partition coefficient (Wildman–Crippen LogP) is -0.682. The predicted molar refractivity (Wildman–Crippen MR) is 54.6 cm³/mol. The maximum atomic E-state index is 11.5. The van der Waals surface area contributed by atoms with Gasteiger partial charge in [-0.05, 0) is 6.42 Å². The Kier molecular flexibility index (Phi) is 5.87. The van der Waals surface area contributed by atoms with Crippen LogP contribution in [0.3, 0.4) is 0 Å². The third kappa shape index (κ3) is 4.23. The molecule has 0 heterocycles. The van der Waals surface area contributed by atoms with E-state index in [1.54, 1.807) is 7.05 Å². The lowest BCUT2D eigenvalue weighted by atomic mass is 10.1. The van der Waals surface area contributed by atoms with Crippen molar-refractivity contribution in [2.75, 3.05) is 20.6 Å². The van der Waals surface area contributed by atoms with E-state index in [1.807, 2.05) is 6.92 Å². The third-order valence-corrected chi connectivity index (χ3v) is 1.95. The van der Waals surface area contributed by atoms with Gasteiger partial charge in [0.05, 0.1) is 12.6 Å². The van der Waals surface area contributed by atoms with Crippen LogP contribution in [-0.4, -0.2) is 43.4 Å². The van der Waals surface area contributed by atoms with Crippen molar-refractivity contribution in [3.8, 4) is 0 Å². The van der Waals surface area contributed by atoms with Gasteiger partial charge in [-0.1, -0.05) is 13.3 Å². The number of likely N-dealkylation sites (N-methyl/N-ethyl adjacent to an activating group) is 2. The van der Waals surface area contributed by atoms with Crippen molar-refractivity contribution in [1.29, 1.82) is 0 Å². The zero-order valence-electron chi connectivity index (χ0n) is 9.04. The van der Waals surface area contributed by atoms with Crippen LogP contribution >= 0.6 is 0 Å². The molecule has 14 heavy (non-hydrogen) atoms. The Morgan fingerprint density at radius 3 is 2.50 bits per heavy atom. The number of nitrogens with one attached hydrogen (secondary N) is 1. The molecule has 2 amide bonds. The highest BCUT2D eigenvalue weighted by Gasteiger charge is 2.18. The summed E-state index contributed by atoms with van der Waals surface area (Å²) in [5.41, 5.74) is 5.62. The molecule has 3 N–H and O–H groups in total. The van der Waals surface area contributed by atoms with Crippen molar-refractivity contribution in [3.05, 3.63) is 0 Å². The van der Waals surface area contributed by atoms with Crippen molar-refractivity contribution in [1.82, 2.24) is 10.2 Å². The number of nitrogens with zero attached hydrogens (tertiary/aromatic N) is 1. The minimum absolute atomic E-state index is 0.0622. The summed E-state index contributed by atoms with van der Waals surface area (Å²) in [5, 5.41) is 2.45. The number of carbonyl (C=O) groups is 2. The summed E-state index contributed by atoms with van der Waals surface area (Å²) in [6.07, 6.45) is 1.51. The van der Waals surface area contributed by atoms with E-state index in [2.05, 4.69) is 5.32 Å². The minimum Gasteiger partial charge on any atom is -0.358 e. The summed E-state index contributed by atoms with van der Waals surface area (Å²) < 4.78 is 0. The molecule has 0 rings (SSSR count). The molecule has 0 aliphatic carbocycles. The summed E-state index contributed by atoms with van der Waals surface area (Å²) in [7, 11) is 3.11. The summed E-state index contributed by atoms with van der Waals surface area (Å²) in [6, 6.07) is -0.491. The molecule has 0 spiro atoms. The van der Waals surface area contributed by atoms with E-state index in [4.69, 9.17) is 5.73 Å². The van der Waals surface area contributed by atoms with Gasteiger partial charge in [-0.25, -0.2) is 0 Å². The molecule has 0 aromatic rings. The van der Waals surface area contributed by atoms with Gasteiger partial charge in [0.15, 0.2) is 0 Å². The fraction of sp³-hybridized carbons (Fsp3) is 0.778. The van der Waals surface area contributed by atoms with Crippen LogP contribution in [0, 0.1) is 0 Å². The molecular formula is C9H19N3O2. The van der Waals surface area contributed by atoms with Gasteiger partial charge in [0.1, 0.15) is 0 Å². The molecule has 0 bridgehead atoms. The lowest BCUT2D eigenvalue weighted by Gasteiger charge is -2.19. The SMILES string of the molecule is CCC[C@@H](N)C(=O)N(C)CC(=O)NC. The first-order valence-electron chi connectivity index (χ1n) is 4.74. The van der Waals surface area contributed by atoms with Crippen LogP contribution in [0.25, 0.3) is 0 Å². The molecule has 0 saturated heterocycles. The highest BCUT2D eigenvalue weighted by atomic mass is 16.2. The molecule has 0 unspecified atom stereocenters. The topological polar surface area (TPSA) is 75.4 Å². The Hall–Kier alpha value is -1.10. The molecule has 5 heteroatoms. The molecule has 0 radical (unpaired) electrons. The molecule has 0 aromatic carbocycles. The number of hydrogen-bond acceptors (Lipinski definition) is 3. The zero-order valence-corrected chi connectivity index (χ0v) is 9.04. The smallest absolute Gasteiger partial charge is 0.239 e. The summed E-state index contributed by atoms with van der Waals surface area (Å²) >= 11 is 0. The maximum absolute atomic E-state index is 11.5. The zero-order chi connectivity index (χ0) is 11.1. The number of amides is 2. The summed E-state index contributed by atoms with van der Waals surface area (Å²) in [5.74, 6) is -0.375. The maximum Gasteiger partial charge on any atom is 0.239 e. The van der Waals surface area contributed by atoms with E-state index < -0.39 is 6.04 Å². The van der Waals surface area contributed by atoms with Crippen LogP contribution in [0.5, 0.6) is 0 Å². The first kappa shape index (κ1) is 12.9. The Labute approximate surface area is 84.6 Å². The van der Waals surface area contributed by atoms with Crippen molar-refractivity contribution >= 4 is 11.8 Å². The normalized spacial score (nSPS) is 12.0. The van der Waals surface area contributed by atoms with Crippen LogP contribution in [0.2, 0.25) is 0 Å². The molecule has 82 valence electrons. The van der Waals surface area contributed by atoms with E-state index in [0.717, 1.165) is 6.42 Å². The van der Waals surface area contributed by atoms with Gasteiger partial charge in [-0.3, -0.25) is 9.59 Å². The minimum atomic E-state index is -0.491. The number of nitrogens with two attached hydrogens (primary N) is 1. The first-order chi connectivity index (χ1) is 6.52. The molecule has 0 fully saturated rings. The van der Waals surface area contributed by atoms with Crippen LogP contribution in [0.15, 0.2) is 0 Å². The average molecular weight is 201 g/mol. The standard InChI is InChI=1S/C9H19N3O2/c1-4-5-7(10)9(14)12(3)6-8(13)11-2/h7H,4-6,10H2,1-3H3,(H,11,13)/t7-/m1/s1. The van der Waals surface area contributed by atoms with Gasteiger partial charge in [0.2, 0.25) is 11.8 Å². The fourth-order valence-corrected chi connectivity index (χ4v) is 1.09. The highest BCUT2D eigenvalue weighted by Crippen LogP contribution is 1.97. The Bertz CT molecular complexity index is 206. The molecule has 0 aromatic heterocycles. The van der Waals surface area contributed by atoms with Crippen molar-refractivity contribution in [2.45, 2.75) is 25.8 Å². The van der Waals surface area contributed by atoms with Crippen LogP contribution in [-0.2, 0) is 9.59 Å². The van der Waals surface area contributed by atoms with Gasteiger partial charge in [-0.15, -0.1) is 0 Å². The van der Waals surface area contributed by atoms with E-state index >= 15 is 0 Å². The number of carbonyl (C=O) groups excluding carboxylic acids is 2. The number of rotatable bonds is 5. The lowest BCUT2D eigenvalue weighted by molar-refractivity contribution is -0.135.